The maximum absolute atomic E-state index is 12.2. The van der Waals surface area contributed by atoms with E-state index in [-0.39, 0.29) is 17.9 Å². The maximum Gasteiger partial charge on any atom is 0.319 e. The number of carbonyl (C=O) groups is 2. The molecule has 1 N–H and O–H groups in total. The Kier molecular flexibility index (Phi) is 4.77. The molecule has 0 saturated carbocycles. The highest BCUT2D eigenvalue weighted by atomic mass is 16.2. The van der Waals surface area contributed by atoms with Gasteiger partial charge in [-0.15, -0.1) is 10.2 Å². The molecule has 1 fully saturated rings. The lowest BCUT2D eigenvalue weighted by molar-refractivity contribution is -0.121. The van der Waals surface area contributed by atoms with Crippen molar-refractivity contribution in [1.29, 1.82) is 0 Å². The molecule has 1 saturated heterocycles. The third-order valence-electron chi connectivity index (χ3n) is 3.71. The molecule has 0 bridgehead atoms. The summed E-state index contributed by atoms with van der Waals surface area (Å²) in [5.41, 5.74) is 0. The van der Waals surface area contributed by atoms with Crippen LogP contribution in [0.25, 0.3) is 0 Å². The van der Waals surface area contributed by atoms with Crippen LogP contribution in [0.5, 0.6) is 0 Å². The van der Waals surface area contributed by atoms with Gasteiger partial charge in [0.25, 0.3) is 0 Å². The summed E-state index contributed by atoms with van der Waals surface area (Å²) >= 11 is 0. The molecule has 8 nitrogen and oxygen atoms in total. The standard InChI is InChI=1S/C13H22N6O2/c1-4-18-9-14-16-12(18)15-11(20)10-5-7-19(8-6-10)13(21)17(2)3/h9-10H,4-8H2,1-3H3,(H,15,16,20). The Morgan fingerprint density at radius 3 is 2.62 bits per heavy atom. The molecule has 1 aliphatic heterocycles. The molecule has 1 aromatic rings. The highest BCUT2D eigenvalue weighted by Crippen LogP contribution is 2.19. The second-order valence-electron chi connectivity index (χ2n) is 5.37. The van der Waals surface area contributed by atoms with Gasteiger partial charge in [0, 0.05) is 39.6 Å². The van der Waals surface area contributed by atoms with Crippen molar-refractivity contribution in [3.63, 3.8) is 0 Å². The summed E-state index contributed by atoms with van der Waals surface area (Å²) in [6, 6.07) is -0.000385. The molecule has 21 heavy (non-hydrogen) atoms. The normalized spacial score (nSPS) is 15.9. The molecule has 0 atom stereocenters. The summed E-state index contributed by atoms with van der Waals surface area (Å²) in [5.74, 6) is 0.349. The number of piperidine rings is 1. The summed E-state index contributed by atoms with van der Waals surface area (Å²) in [6.07, 6.45) is 2.94. The Morgan fingerprint density at radius 2 is 2.05 bits per heavy atom. The molecule has 1 aliphatic rings. The Morgan fingerprint density at radius 1 is 1.38 bits per heavy atom. The number of hydrogen-bond acceptors (Lipinski definition) is 4. The second kappa shape index (κ2) is 6.55. The van der Waals surface area contributed by atoms with E-state index in [2.05, 4.69) is 15.5 Å². The smallest absolute Gasteiger partial charge is 0.319 e. The van der Waals surface area contributed by atoms with E-state index in [1.807, 2.05) is 6.92 Å². The molecule has 0 radical (unpaired) electrons. The molecule has 0 aliphatic carbocycles. The zero-order valence-electron chi connectivity index (χ0n) is 12.7. The molecular formula is C13H22N6O2. The van der Waals surface area contributed by atoms with Crippen LogP contribution in [0.4, 0.5) is 10.7 Å². The van der Waals surface area contributed by atoms with Crippen molar-refractivity contribution in [1.82, 2.24) is 24.6 Å². The minimum absolute atomic E-state index is 0.000385. The number of carbonyl (C=O) groups excluding carboxylic acids is 2. The van der Waals surface area contributed by atoms with Crippen LogP contribution < -0.4 is 5.32 Å². The van der Waals surface area contributed by atoms with Crippen LogP contribution in [0.1, 0.15) is 19.8 Å². The molecule has 2 heterocycles. The number of hydrogen-bond donors (Lipinski definition) is 1. The lowest BCUT2D eigenvalue weighted by Gasteiger charge is -2.32. The highest BCUT2D eigenvalue weighted by molar-refractivity contribution is 5.91. The summed E-state index contributed by atoms with van der Waals surface area (Å²) in [4.78, 5) is 27.4. The first-order valence-corrected chi connectivity index (χ1v) is 7.17. The van der Waals surface area contributed by atoms with E-state index in [1.54, 1.807) is 34.8 Å². The Balaban J connectivity index is 1.87. The predicted molar refractivity (Wildman–Crippen MR) is 77.7 cm³/mol. The number of amides is 3. The van der Waals surface area contributed by atoms with Gasteiger partial charge >= 0.3 is 6.03 Å². The molecule has 0 unspecified atom stereocenters. The van der Waals surface area contributed by atoms with Crippen molar-refractivity contribution < 1.29 is 9.59 Å². The fourth-order valence-corrected chi connectivity index (χ4v) is 2.41. The summed E-state index contributed by atoms with van der Waals surface area (Å²) < 4.78 is 1.78. The average Bonchev–Trinajstić information content (AvgIpc) is 2.93. The van der Waals surface area contributed by atoms with E-state index >= 15 is 0 Å². The minimum Gasteiger partial charge on any atom is -0.331 e. The number of anilines is 1. The number of aryl methyl sites for hydroxylation is 1. The van der Waals surface area contributed by atoms with Crippen LogP contribution in [0, 0.1) is 5.92 Å². The summed E-state index contributed by atoms with van der Waals surface area (Å²) in [6.45, 7) is 3.88. The van der Waals surface area contributed by atoms with E-state index in [0.717, 1.165) is 0 Å². The fraction of sp³-hybridized carbons (Fsp3) is 0.692. The number of nitrogens with one attached hydrogen (secondary N) is 1. The largest absolute Gasteiger partial charge is 0.331 e. The van der Waals surface area contributed by atoms with Crippen LogP contribution in [-0.2, 0) is 11.3 Å². The van der Waals surface area contributed by atoms with Crippen LogP contribution >= 0.6 is 0 Å². The monoisotopic (exact) mass is 294 g/mol. The lowest BCUT2D eigenvalue weighted by Crippen LogP contribution is -2.45. The molecule has 1 aromatic heterocycles. The Labute approximate surface area is 124 Å². The molecule has 0 aromatic carbocycles. The van der Waals surface area contributed by atoms with E-state index in [1.165, 1.54) is 0 Å². The summed E-state index contributed by atoms with van der Waals surface area (Å²) in [5, 5.41) is 10.5. The van der Waals surface area contributed by atoms with Crippen LogP contribution in [0.2, 0.25) is 0 Å². The Bertz CT molecular complexity index is 505. The summed E-state index contributed by atoms with van der Waals surface area (Å²) in [7, 11) is 3.47. The number of aromatic nitrogens is 3. The second-order valence-corrected chi connectivity index (χ2v) is 5.37. The zero-order chi connectivity index (χ0) is 15.4. The van der Waals surface area contributed by atoms with Crippen molar-refractivity contribution >= 4 is 17.9 Å². The molecule has 116 valence electrons. The van der Waals surface area contributed by atoms with Gasteiger partial charge < -0.3 is 14.4 Å². The van der Waals surface area contributed by atoms with Gasteiger partial charge in [0.1, 0.15) is 6.33 Å². The van der Waals surface area contributed by atoms with Crippen LogP contribution in [-0.4, -0.2) is 63.7 Å². The predicted octanol–water partition coefficient (Wildman–Crippen LogP) is 0.630. The number of likely N-dealkylation sites (tertiary alicyclic amines) is 1. The first kappa shape index (κ1) is 15.3. The van der Waals surface area contributed by atoms with Gasteiger partial charge in [0.15, 0.2) is 0 Å². The molecule has 3 amide bonds. The number of nitrogens with zero attached hydrogens (tertiary/aromatic N) is 5. The van der Waals surface area contributed by atoms with Crippen molar-refractivity contribution in [3.05, 3.63) is 6.33 Å². The minimum atomic E-state index is -0.0850. The number of rotatable bonds is 3. The topological polar surface area (TPSA) is 83.4 Å². The third-order valence-corrected chi connectivity index (χ3v) is 3.71. The SMILES string of the molecule is CCn1cnnc1NC(=O)C1CCN(C(=O)N(C)C)CC1. The number of urea groups is 1. The maximum atomic E-state index is 12.2. The van der Waals surface area contributed by atoms with E-state index < -0.39 is 0 Å². The van der Waals surface area contributed by atoms with E-state index in [9.17, 15) is 9.59 Å². The Hall–Kier alpha value is -2.12. The van der Waals surface area contributed by atoms with Crippen molar-refractivity contribution in [2.24, 2.45) is 5.92 Å². The van der Waals surface area contributed by atoms with Gasteiger partial charge in [-0.2, -0.15) is 0 Å². The van der Waals surface area contributed by atoms with E-state index in [0.29, 0.717) is 38.4 Å². The highest BCUT2D eigenvalue weighted by Gasteiger charge is 2.28. The molecular weight excluding hydrogens is 272 g/mol. The molecule has 0 spiro atoms. The van der Waals surface area contributed by atoms with Gasteiger partial charge in [-0.1, -0.05) is 0 Å². The average molecular weight is 294 g/mol. The molecule has 2 rings (SSSR count). The quantitative estimate of drug-likeness (QED) is 0.886. The van der Waals surface area contributed by atoms with Gasteiger partial charge in [-0.25, -0.2) is 4.79 Å². The van der Waals surface area contributed by atoms with Gasteiger partial charge in [-0.05, 0) is 19.8 Å². The first-order chi connectivity index (χ1) is 10.0. The lowest BCUT2D eigenvalue weighted by atomic mass is 9.96. The van der Waals surface area contributed by atoms with Crippen molar-refractivity contribution in [2.75, 3.05) is 32.5 Å². The zero-order valence-corrected chi connectivity index (χ0v) is 12.7. The van der Waals surface area contributed by atoms with Crippen molar-refractivity contribution in [3.8, 4) is 0 Å². The van der Waals surface area contributed by atoms with Gasteiger partial charge in [-0.3, -0.25) is 10.1 Å². The third kappa shape index (κ3) is 3.50. The van der Waals surface area contributed by atoms with Crippen molar-refractivity contribution in [2.45, 2.75) is 26.3 Å². The van der Waals surface area contributed by atoms with E-state index in [4.69, 9.17) is 0 Å². The molecule has 8 heteroatoms. The van der Waals surface area contributed by atoms with Gasteiger partial charge in [0.2, 0.25) is 11.9 Å². The van der Waals surface area contributed by atoms with Crippen LogP contribution in [0.3, 0.4) is 0 Å². The first-order valence-electron chi connectivity index (χ1n) is 7.17. The fourth-order valence-electron chi connectivity index (χ4n) is 2.41. The van der Waals surface area contributed by atoms with Crippen LogP contribution in [0.15, 0.2) is 6.33 Å². The van der Waals surface area contributed by atoms with Gasteiger partial charge in [0.05, 0.1) is 0 Å².